The summed E-state index contributed by atoms with van der Waals surface area (Å²) in [5, 5.41) is 21.0. The number of hydrogen-bond acceptors (Lipinski definition) is 4. The van der Waals surface area contributed by atoms with Crippen LogP contribution in [-0.2, 0) is 0 Å². The lowest BCUT2D eigenvalue weighted by Crippen LogP contribution is -1.96. The first kappa shape index (κ1) is 10.8. The maximum absolute atomic E-state index is 10.6. The fourth-order valence-corrected chi connectivity index (χ4v) is 1.14. The predicted molar refractivity (Wildman–Crippen MR) is 54.5 cm³/mol. The van der Waals surface area contributed by atoms with Gasteiger partial charge in [0.2, 0.25) is 0 Å². The number of hydrogen-bond donors (Lipinski definition) is 0. The Morgan fingerprint density at radius 1 is 1.13 bits per heavy atom. The molecule has 0 heterocycles. The summed E-state index contributed by atoms with van der Waals surface area (Å²) in [5.74, 6) is 0. The van der Waals surface area contributed by atoms with Crippen LogP contribution in [0.3, 0.4) is 0 Å². The minimum atomic E-state index is -0.766. The lowest BCUT2D eigenvalue weighted by atomic mass is 10.1. The first-order valence-electron chi connectivity index (χ1n) is 4.11. The minimum Gasteiger partial charge on any atom is -0.258 e. The van der Waals surface area contributed by atoms with Crippen LogP contribution in [0.5, 0.6) is 0 Å². The van der Waals surface area contributed by atoms with Crippen molar-refractivity contribution >= 4 is 17.5 Å². The number of allylic oxidation sites excluding steroid dienone is 1. The molecule has 1 aromatic carbocycles. The van der Waals surface area contributed by atoms with Crippen LogP contribution in [0.1, 0.15) is 12.5 Å². The highest BCUT2D eigenvalue weighted by Crippen LogP contribution is 2.27. The number of benzene rings is 1. The van der Waals surface area contributed by atoms with Gasteiger partial charge in [-0.2, -0.15) is 0 Å². The van der Waals surface area contributed by atoms with Crippen LogP contribution in [0.2, 0.25) is 0 Å². The van der Waals surface area contributed by atoms with Crippen LogP contribution in [-0.4, -0.2) is 9.85 Å². The summed E-state index contributed by atoms with van der Waals surface area (Å²) >= 11 is 0. The van der Waals surface area contributed by atoms with Crippen LogP contribution < -0.4 is 0 Å². The third kappa shape index (κ3) is 2.37. The Labute approximate surface area is 85.1 Å². The lowest BCUT2D eigenvalue weighted by molar-refractivity contribution is -0.422. The van der Waals surface area contributed by atoms with Crippen molar-refractivity contribution in [3.8, 4) is 0 Å². The quantitative estimate of drug-likeness (QED) is 0.564. The molecule has 1 aromatic rings. The summed E-state index contributed by atoms with van der Waals surface area (Å²) in [4.78, 5) is 19.5. The van der Waals surface area contributed by atoms with Crippen molar-refractivity contribution in [3.63, 3.8) is 0 Å². The molecule has 78 valence electrons. The Balaban J connectivity index is 3.33. The number of nitro groups is 2. The van der Waals surface area contributed by atoms with E-state index >= 15 is 0 Å². The summed E-state index contributed by atoms with van der Waals surface area (Å²) < 4.78 is 0. The van der Waals surface area contributed by atoms with Gasteiger partial charge in [0.15, 0.2) is 0 Å². The van der Waals surface area contributed by atoms with Gasteiger partial charge >= 0.3 is 11.4 Å². The second-order valence-electron chi connectivity index (χ2n) is 2.76. The first-order chi connectivity index (χ1) is 7.06. The molecule has 0 aromatic heterocycles. The van der Waals surface area contributed by atoms with Crippen LogP contribution in [0, 0.1) is 20.2 Å². The number of nitrogens with zero attached hydrogens (tertiary/aromatic N) is 2. The smallest absolute Gasteiger partial charge is 0.258 e. The number of rotatable bonds is 3. The molecule has 15 heavy (non-hydrogen) atoms. The van der Waals surface area contributed by atoms with E-state index in [2.05, 4.69) is 0 Å². The average Bonchev–Trinajstić information content (AvgIpc) is 2.17. The van der Waals surface area contributed by atoms with E-state index in [9.17, 15) is 20.2 Å². The van der Waals surface area contributed by atoms with Crippen molar-refractivity contribution in [2.24, 2.45) is 0 Å². The van der Waals surface area contributed by atoms with Gasteiger partial charge in [-0.1, -0.05) is 12.2 Å². The minimum absolute atomic E-state index is 0.490. The molecule has 0 radical (unpaired) electrons. The standard InChI is InChI=1S/C9H8N2O4/c1-2-3-7-4-5-8(10(12)13)9(6-7)11(14)15/h2-6H,1H3. The zero-order valence-electron chi connectivity index (χ0n) is 7.91. The molecule has 0 N–H and O–H groups in total. The van der Waals surface area contributed by atoms with Crippen molar-refractivity contribution in [1.29, 1.82) is 0 Å². The summed E-state index contributed by atoms with van der Waals surface area (Å²) in [6.07, 6.45) is 3.33. The Morgan fingerprint density at radius 3 is 2.20 bits per heavy atom. The monoisotopic (exact) mass is 208 g/mol. The largest absolute Gasteiger partial charge is 0.346 e. The molecular formula is C9H8N2O4. The van der Waals surface area contributed by atoms with Crippen LogP contribution >= 0.6 is 0 Å². The molecule has 0 fully saturated rings. The molecule has 6 nitrogen and oxygen atoms in total. The van der Waals surface area contributed by atoms with Gasteiger partial charge in [-0.3, -0.25) is 20.2 Å². The molecule has 0 atom stereocenters. The maximum Gasteiger partial charge on any atom is 0.346 e. The van der Waals surface area contributed by atoms with Gasteiger partial charge in [-0.05, 0) is 18.6 Å². The second kappa shape index (κ2) is 4.32. The molecular weight excluding hydrogens is 200 g/mol. The molecule has 1 rings (SSSR count). The molecule has 0 bridgehead atoms. The van der Waals surface area contributed by atoms with E-state index in [4.69, 9.17) is 0 Å². The third-order valence-corrected chi connectivity index (χ3v) is 1.75. The Morgan fingerprint density at radius 2 is 1.73 bits per heavy atom. The normalized spacial score (nSPS) is 10.5. The van der Waals surface area contributed by atoms with Crippen LogP contribution in [0.25, 0.3) is 6.08 Å². The van der Waals surface area contributed by atoms with Crippen molar-refractivity contribution in [1.82, 2.24) is 0 Å². The van der Waals surface area contributed by atoms with Crippen molar-refractivity contribution in [2.45, 2.75) is 6.92 Å². The Bertz CT molecular complexity index is 440. The topological polar surface area (TPSA) is 86.3 Å². The predicted octanol–water partition coefficient (Wildman–Crippen LogP) is 2.54. The van der Waals surface area contributed by atoms with E-state index in [1.54, 1.807) is 19.1 Å². The Hall–Kier alpha value is -2.24. The van der Waals surface area contributed by atoms with Gasteiger partial charge in [0.1, 0.15) is 0 Å². The summed E-state index contributed by atoms with van der Waals surface area (Å²) in [7, 11) is 0. The van der Waals surface area contributed by atoms with Gasteiger partial charge in [0.05, 0.1) is 9.85 Å². The molecule has 6 heteroatoms. The van der Waals surface area contributed by atoms with Crippen LogP contribution in [0.4, 0.5) is 11.4 Å². The Kier molecular flexibility index (Phi) is 3.12. The first-order valence-corrected chi connectivity index (χ1v) is 4.11. The molecule has 0 aliphatic rings. The van der Waals surface area contributed by atoms with E-state index < -0.39 is 21.2 Å². The molecule has 0 aliphatic heterocycles. The van der Waals surface area contributed by atoms with Crippen molar-refractivity contribution in [3.05, 3.63) is 50.1 Å². The van der Waals surface area contributed by atoms with Gasteiger partial charge in [0, 0.05) is 12.1 Å². The van der Waals surface area contributed by atoms with E-state index in [0.29, 0.717) is 5.56 Å². The van der Waals surface area contributed by atoms with E-state index in [0.717, 1.165) is 6.07 Å². The summed E-state index contributed by atoms with van der Waals surface area (Å²) in [5.41, 5.74) is -0.418. The highest BCUT2D eigenvalue weighted by molar-refractivity contribution is 5.61. The fourth-order valence-electron chi connectivity index (χ4n) is 1.14. The zero-order chi connectivity index (χ0) is 11.4. The molecule has 0 aliphatic carbocycles. The lowest BCUT2D eigenvalue weighted by Gasteiger charge is -1.96. The summed E-state index contributed by atoms with van der Waals surface area (Å²) in [6.45, 7) is 1.76. The van der Waals surface area contributed by atoms with Gasteiger partial charge in [-0.25, -0.2) is 0 Å². The molecule has 0 saturated heterocycles. The highest BCUT2D eigenvalue weighted by atomic mass is 16.6. The highest BCUT2D eigenvalue weighted by Gasteiger charge is 2.23. The SMILES string of the molecule is CC=Cc1ccc([N+](=O)[O-])c([N+](=O)[O-])c1. The summed E-state index contributed by atoms with van der Waals surface area (Å²) in [6, 6.07) is 3.77. The molecule has 0 unspecified atom stereocenters. The second-order valence-corrected chi connectivity index (χ2v) is 2.76. The van der Waals surface area contributed by atoms with Gasteiger partial charge < -0.3 is 0 Å². The zero-order valence-corrected chi connectivity index (χ0v) is 7.91. The average molecular weight is 208 g/mol. The number of nitro benzene ring substituents is 2. The van der Waals surface area contributed by atoms with Crippen molar-refractivity contribution in [2.75, 3.05) is 0 Å². The van der Waals surface area contributed by atoms with E-state index in [1.807, 2.05) is 0 Å². The van der Waals surface area contributed by atoms with Gasteiger partial charge in [0.25, 0.3) is 0 Å². The molecule has 0 spiro atoms. The molecule has 0 amide bonds. The molecule has 0 saturated carbocycles. The van der Waals surface area contributed by atoms with Gasteiger partial charge in [-0.15, -0.1) is 0 Å². The van der Waals surface area contributed by atoms with Crippen molar-refractivity contribution < 1.29 is 9.85 Å². The van der Waals surface area contributed by atoms with Crippen LogP contribution in [0.15, 0.2) is 24.3 Å². The van der Waals surface area contributed by atoms with E-state index in [-0.39, 0.29) is 0 Å². The maximum atomic E-state index is 10.6. The van der Waals surface area contributed by atoms with E-state index in [1.165, 1.54) is 12.1 Å². The third-order valence-electron chi connectivity index (χ3n) is 1.75. The fraction of sp³-hybridized carbons (Fsp3) is 0.111.